The Morgan fingerprint density at radius 1 is 0.750 bits per heavy atom. The van der Waals surface area contributed by atoms with E-state index < -0.39 is 0 Å². The first-order valence-corrected chi connectivity index (χ1v) is 8.81. The van der Waals surface area contributed by atoms with E-state index in [-0.39, 0.29) is 7.92 Å². The molecule has 106 valence electrons. The van der Waals surface area contributed by atoms with Gasteiger partial charge in [-0.25, -0.2) is 0 Å². The minimum absolute atomic E-state index is 0.213. The molecule has 20 heavy (non-hydrogen) atoms. The predicted octanol–water partition coefficient (Wildman–Crippen LogP) is 3.94. The van der Waals surface area contributed by atoms with Crippen LogP contribution in [0.1, 0.15) is 19.3 Å². The van der Waals surface area contributed by atoms with E-state index in [0.29, 0.717) is 0 Å². The van der Waals surface area contributed by atoms with E-state index in [2.05, 4.69) is 60.7 Å². The van der Waals surface area contributed by atoms with Crippen LogP contribution in [0.5, 0.6) is 0 Å². The van der Waals surface area contributed by atoms with E-state index in [1.807, 2.05) is 0 Å². The lowest BCUT2D eigenvalue weighted by molar-refractivity contribution is 0.192. The van der Waals surface area contributed by atoms with Gasteiger partial charge >= 0.3 is 0 Å². The van der Waals surface area contributed by atoms with Crippen molar-refractivity contribution in [3.63, 3.8) is 0 Å². The standard InChI is InChI=1S/C18H23OP/c1-19-15-9-4-10-16-20(17-11-5-2-6-12-17)18-13-7-3-8-14-18/h2-3,5-8,11-14H,4,9-10,15-16H2,1H3. The van der Waals surface area contributed by atoms with E-state index in [0.717, 1.165) is 6.61 Å². The SMILES string of the molecule is COCCCCCP(c1ccccc1)c1ccccc1. The monoisotopic (exact) mass is 286 g/mol. The van der Waals surface area contributed by atoms with Crippen LogP contribution in [0.4, 0.5) is 0 Å². The van der Waals surface area contributed by atoms with Crippen LogP contribution in [-0.2, 0) is 4.74 Å². The molecule has 0 N–H and O–H groups in total. The van der Waals surface area contributed by atoms with E-state index in [1.165, 1.54) is 36.0 Å². The molecule has 0 aliphatic carbocycles. The molecule has 0 spiro atoms. The maximum atomic E-state index is 5.12. The lowest BCUT2D eigenvalue weighted by atomic mass is 10.3. The Kier molecular flexibility index (Phi) is 6.77. The second-order valence-corrected chi connectivity index (χ2v) is 7.21. The fraction of sp³-hybridized carbons (Fsp3) is 0.333. The fourth-order valence-corrected chi connectivity index (χ4v) is 4.73. The summed E-state index contributed by atoms with van der Waals surface area (Å²) in [6.07, 6.45) is 4.97. The molecule has 0 fully saturated rings. The van der Waals surface area contributed by atoms with Crippen molar-refractivity contribution >= 4 is 18.5 Å². The summed E-state index contributed by atoms with van der Waals surface area (Å²) in [6, 6.07) is 21.9. The van der Waals surface area contributed by atoms with Gasteiger partial charge in [0.15, 0.2) is 0 Å². The van der Waals surface area contributed by atoms with Crippen molar-refractivity contribution in [2.24, 2.45) is 0 Å². The molecule has 0 atom stereocenters. The van der Waals surface area contributed by atoms with Gasteiger partial charge in [-0.2, -0.15) is 0 Å². The van der Waals surface area contributed by atoms with Gasteiger partial charge in [0.05, 0.1) is 0 Å². The molecular weight excluding hydrogens is 263 g/mol. The first-order valence-electron chi connectivity index (χ1n) is 7.28. The minimum Gasteiger partial charge on any atom is -0.385 e. The van der Waals surface area contributed by atoms with Crippen LogP contribution in [-0.4, -0.2) is 19.9 Å². The van der Waals surface area contributed by atoms with E-state index in [1.54, 1.807) is 7.11 Å². The Balaban J connectivity index is 2.02. The van der Waals surface area contributed by atoms with Crippen molar-refractivity contribution in [1.29, 1.82) is 0 Å². The zero-order chi connectivity index (χ0) is 14.0. The third kappa shape index (κ3) is 4.74. The van der Waals surface area contributed by atoms with Gasteiger partial charge < -0.3 is 4.74 Å². The highest BCUT2D eigenvalue weighted by Gasteiger charge is 2.12. The fourth-order valence-electron chi connectivity index (χ4n) is 2.32. The zero-order valence-corrected chi connectivity index (χ0v) is 13.1. The van der Waals surface area contributed by atoms with Crippen molar-refractivity contribution in [1.82, 2.24) is 0 Å². The van der Waals surface area contributed by atoms with Crippen LogP contribution >= 0.6 is 7.92 Å². The van der Waals surface area contributed by atoms with Crippen molar-refractivity contribution in [3.8, 4) is 0 Å². The maximum Gasteiger partial charge on any atom is 0.0462 e. The molecule has 0 saturated heterocycles. The zero-order valence-electron chi connectivity index (χ0n) is 12.2. The quantitative estimate of drug-likeness (QED) is 0.527. The Morgan fingerprint density at radius 3 is 1.80 bits per heavy atom. The number of benzene rings is 2. The first-order chi connectivity index (χ1) is 9.92. The lowest BCUT2D eigenvalue weighted by Crippen LogP contribution is -2.13. The summed E-state index contributed by atoms with van der Waals surface area (Å²) in [6.45, 7) is 0.884. The van der Waals surface area contributed by atoms with Crippen LogP contribution in [0.15, 0.2) is 60.7 Å². The normalized spacial score (nSPS) is 10.9. The lowest BCUT2D eigenvalue weighted by Gasteiger charge is -2.18. The highest BCUT2D eigenvalue weighted by Crippen LogP contribution is 2.34. The number of rotatable bonds is 8. The first kappa shape index (κ1) is 15.2. The minimum atomic E-state index is -0.213. The summed E-state index contributed by atoms with van der Waals surface area (Å²) >= 11 is 0. The Morgan fingerprint density at radius 2 is 1.30 bits per heavy atom. The molecule has 2 rings (SSSR count). The van der Waals surface area contributed by atoms with Gasteiger partial charge in [0.1, 0.15) is 0 Å². The number of methoxy groups -OCH3 is 1. The summed E-state index contributed by atoms with van der Waals surface area (Å²) in [4.78, 5) is 0. The summed E-state index contributed by atoms with van der Waals surface area (Å²) in [5.41, 5.74) is 0. The van der Waals surface area contributed by atoms with E-state index >= 15 is 0 Å². The number of hydrogen-bond donors (Lipinski definition) is 0. The van der Waals surface area contributed by atoms with Crippen LogP contribution in [0.25, 0.3) is 0 Å². The Hall–Kier alpha value is -1.17. The van der Waals surface area contributed by atoms with E-state index in [9.17, 15) is 0 Å². The molecule has 0 bridgehead atoms. The van der Waals surface area contributed by atoms with Crippen LogP contribution < -0.4 is 10.6 Å². The second-order valence-electron chi connectivity index (χ2n) is 4.88. The van der Waals surface area contributed by atoms with Gasteiger partial charge in [-0.05, 0) is 37.5 Å². The largest absolute Gasteiger partial charge is 0.385 e. The van der Waals surface area contributed by atoms with E-state index in [4.69, 9.17) is 4.74 Å². The average Bonchev–Trinajstić information content (AvgIpc) is 2.53. The number of hydrogen-bond acceptors (Lipinski definition) is 1. The van der Waals surface area contributed by atoms with Crippen LogP contribution in [0.3, 0.4) is 0 Å². The van der Waals surface area contributed by atoms with Crippen LogP contribution in [0.2, 0.25) is 0 Å². The molecule has 2 heteroatoms. The molecule has 0 aromatic heterocycles. The summed E-state index contributed by atoms with van der Waals surface area (Å²) < 4.78 is 5.12. The molecule has 0 unspecified atom stereocenters. The Bertz CT molecular complexity index is 430. The molecule has 2 aromatic carbocycles. The van der Waals surface area contributed by atoms with Crippen molar-refractivity contribution in [2.45, 2.75) is 19.3 Å². The Labute approximate surface area is 123 Å². The second kappa shape index (κ2) is 8.89. The smallest absolute Gasteiger partial charge is 0.0462 e. The van der Waals surface area contributed by atoms with Gasteiger partial charge in [-0.15, -0.1) is 0 Å². The third-order valence-electron chi connectivity index (χ3n) is 3.37. The third-order valence-corrected chi connectivity index (χ3v) is 5.97. The molecule has 0 amide bonds. The number of ether oxygens (including phenoxy) is 1. The summed E-state index contributed by atoms with van der Waals surface area (Å²) in [7, 11) is 1.57. The van der Waals surface area contributed by atoms with Crippen LogP contribution in [0, 0.1) is 0 Å². The van der Waals surface area contributed by atoms with Crippen molar-refractivity contribution in [3.05, 3.63) is 60.7 Å². The van der Waals surface area contributed by atoms with Crippen molar-refractivity contribution in [2.75, 3.05) is 19.9 Å². The molecule has 0 radical (unpaired) electrons. The maximum absolute atomic E-state index is 5.12. The molecule has 2 aromatic rings. The van der Waals surface area contributed by atoms with Crippen molar-refractivity contribution < 1.29 is 4.74 Å². The van der Waals surface area contributed by atoms with Gasteiger partial charge in [0.25, 0.3) is 0 Å². The molecule has 1 nitrogen and oxygen atoms in total. The van der Waals surface area contributed by atoms with Gasteiger partial charge in [-0.1, -0.05) is 67.1 Å². The van der Waals surface area contributed by atoms with Gasteiger partial charge in [0.2, 0.25) is 0 Å². The topological polar surface area (TPSA) is 9.23 Å². The molecule has 0 saturated carbocycles. The highest BCUT2D eigenvalue weighted by atomic mass is 31.1. The molecule has 0 aliphatic rings. The molecule has 0 heterocycles. The van der Waals surface area contributed by atoms with Gasteiger partial charge in [-0.3, -0.25) is 0 Å². The number of unbranched alkanes of at least 4 members (excludes halogenated alkanes) is 2. The molecule has 0 aliphatic heterocycles. The predicted molar refractivity (Wildman–Crippen MR) is 89.7 cm³/mol. The van der Waals surface area contributed by atoms with Gasteiger partial charge in [0, 0.05) is 13.7 Å². The molecular formula is C18H23OP. The highest BCUT2D eigenvalue weighted by molar-refractivity contribution is 7.73. The summed E-state index contributed by atoms with van der Waals surface area (Å²) in [5, 5.41) is 2.97. The average molecular weight is 286 g/mol. The summed E-state index contributed by atoms with van der Waals surface area (Å²) in [5.74, 6) is 0.